The summed E-state index contributed by atoms with van der Waals surface area (Å²) < 4.78 is 127. The first-order chi connectivity index (χ1) is 52.5. The Balaban J connectivity index is 1.21. The summed E-state index contributed by atoms with van der Waals surface area (Å²) in [5.74, 6) is -16.6. The molecule has 1 spiro atoms. The van der Waals surface area contributed by atoms with Crippen molar-refractivity contribution >= 4 is 70.9 Å². The van der Waals surface area contributed by atoms with Crippen molar-refractivity contribution in [2.24, 2.45) is 40.9 Å². The Hall–Kier alpha value is -7.00. The summed E-state index contributed by atoms with van der Waals surface area (Å²) >= 11 is 0. The molecule has 3 N–H and O–H groups in total. The second-order valence-corrected chi connectivity index (χ2v) is 34.3. The third-order valence-electron chi connectivity index (χ3n) is 25.2. The lowest BCUT2D eigenvalue weighted by molar-refractivity contribution is -0.219. The number of rotatable bonds is 12. The fourth-order valence-corrected chi connectivity index (χ4v) is 18.1. The van der Waals surface area contributed by atoms with Crippen molar-refractivity contribution in [2.45, 2.75) is 280 Å². The first kappa shape index (κ1) is 90.5. The summed E-state index contributed by atoms with van der Waals surface area (Å²) in [7, 11) is 8.12. The lowest BCUT2D eigenvalue weighted by atomic mass is 9.74. The summed E-state index contributed by atoms with van der Waals surface area (Å²) in [6, 6.07) is -11.4. The van der Waals surface area contributed by atoms with Crippen molar-refractivity contribution < 1.29 is 102 Å². The summed E-state index contributed by atoms with van der Waals surface area (Å²) in [6.45, 7) is 9.41. The van der Waals surface area contributed by atoms with E-state index in [1.54, 1.807) is 20.8 Å². The van der Waals surface area contributed by atoms with Crippen LogP contribution in [-0.4, -0.2) is 301 Å². The molecule has 8 rings (SSSR count). The number of carbonyl (C=O) groups excluding carboxylic acids is 12. The van der Waals surface area contributed by atoms with Crippen LogP contribution in [0.2, 0.25) is 0 Å². The van der Waals surface area contributed by atoms with E-state index in [0.29, 0.717) is 57.8 Å². The van der Waals surface area contributed by atoms with E-state index < -0.39 is 235 Å². The van der Waals surface area contributed by atoms with Crippen LogP contribution >= 0.6 is 0 Å². The molecule has 8 aliphatic rings. The maximum absolute atomic E-state index is 15.8. The largest absolute Gasteiger partial charge is 0.397 e. The van der Waals surface area contributed by atoms with E-state index in [1.165, 1.54) is 66.8 Å². The average Bonchev–Trinajstić information content (AvgIpc) is 1.32. The van der Waals surface area contributed by atoms with Gasteiger partial charge in [-0.2, -0.15) is 26.3 Å². The predicted molar refractivity (Wildman–Crippen MR) is 395 cm³/mol. The molecular formula is C78H122F8N12O14. The number of ether oxygens (including phenoxy) is 2. The Kier molecular flexibility index (Phi) is 31.2. The van der Waals surface area contributed by atoms with Crippen LogP contribution in [0.4, 0.5) is 35.1 Å². The maximum atomic E-state index is 15.8. The molecule has 34 heteroatoms. The van der Waals surface area contributed by atoms with E-state index in [0.717, 1.165) is 19.6 Å². The number of carbonyl (C=O) groups is 12. The van der Waals surface area contributed by atoms with Gasteiger partial charge < -0.3 is 69.5 Å². The van der Waals surface area contributed by atoms with Gasteiger partial charge in [0.1, 0.15) is 72.1 Å². The van der Waals surface area contributed by atoms with E-state index in [9.17, 15) is 40.7 Å². The zero-order valence-electron chi connectivity index (χ0n) is 67.4. The van der Waals surface area contributed by atoms with Gasteiger partial charge in [0.2, 0.25) is 70.9 Å². The molecule has 0 aromatic heterocycles. The summed E-state index contributed by atoms with van der Waals surface area (Å²) in [5, 5.41) is 8.49. The Labute approximate surface area is 653 Å². The minimum atomic E-state index is -5.22. The average molecular weight is 1600 g/mol. The lowest BCUT2D eigenvalue weighted by Crippen LogP contribution is -2.68. The molecule has 26 nitrogen and oxygen atoms in total. The molecule has 634 valence electrons. The van der Waals surface area contributed by atoms with Crippen LogP contribution in [0.25, 0.3) is 0 Å². The first-order valence-electron chi connectivity index (χ1n) is 40.5. The highest BCUT2D eigenvalue weighted by molar-refractivity contribution is 6.01. The number of hydrogen-bond donors (Lipinski definition) is 3. The van der Waals surface area contributed by atoms with Crippen LogP contribution in [0.3, 0.4) is 0 Å². The van der Waals surface area contributed by atoms with Crippen molar-refractivity contribution in [3.8, 4) is 0 Å². The minimum Gasteiger partial charge on any atom is -0.378 e. The maximum Gasteiger partial charge on any atom is 0.397 e. The van der Waals surface area contributed by atoms with Gasteiger partial charge in [0, 0.05) is 81.5 Å². The molecule has 8 fully saturated rings. The number of amides is 12. The smallest absolute Gasteiger partial charge is 0.378 e. The Bertz CT molecular complexity index is 3310. The molecule has 2 unspecified atom stereocenters. The number of morpholine rings is 1. The molecule has 4 saturated heterocycles. The van der Waals surface area contributed by atoms with Gasteiger partial charge in [-0.3, -0.25) is 57.5 Å². The van der Waals surface area contributed by atoms with E-state index in [-0.39, 0.29) is 117 Å². The number of halogens is 8. The fourth-order valence-electron chi connectivity index (χ4n) is 18.1. The van der Waals surface area contributed by atoms with Crippen LogP contribution in [0.1, 0.15) is 196 Å². The zero-order chi connectivity index (χ0) is 82.8. The van der Waals surface area contributed by atoms with Gasteiger partial charge in [-0.1, -0.05) is 66.7 Å². The number of fused-ring (bicyclic) bond motifs is 3. The normalized spacial score (nSPS) is 32.1. The molecular weight excluding hydrogens is 1480 g/mol. The molecule has 0 radical (unpaired) electrons. The van der Waals surface area contributed by atoms with E-state index >= 15 is 51.9 Å². The monoisotopic (exact) mass is 1600 g/mol. The predicted octanol–water partition coefficient (Wildman–Crippen LogP) is 6.74. The van der Waals surface area contributed by atoms with Gasteiger partial charge in [-0.05, 0) is 145 Å². The molecule has 4 heterocycles. The van der Waals surface area contributed by atoms with Crippen LogP contribution in [0.5, 0.6) is 0 Å². The number of nitrogens with zero attached hydrogens (tertiary/aromatic N) is 9. The summed E-state index contributed by atoms with van der Waals surface area (Å²) in [4.78, 5) is 194. The molecule has 12 atom stereocenters. The Morgan fingerprint density at radius 2 is 1.21 bits per heavy atom. The summed E-state index contributed by atoms with van der Waals surface area (Å²) in [5.41, 5.74) is -2.37. The molecule has 112 heavy (non-hydrogen) atoms. The number of likely N-dealkylation sites (N-methyl/N-ethyl adjacent to an activating group) is 6. The lowest BCUT2D eigenvalue weighted by Gasteiger charge is -2.47. The second kappa shape index (κ2) is 38.6. The molecule has 0 aromatic rings. The van der Waals surface area contributed by atoms with Gasteiger partial charge >= 0.3 is 12.4 Å². The topological polar surface area (TPSA) is 289 Å². The Morgan fingerprint density at radius 1 is 0.598 bits per heavy atom. The number of alkyl halides is 8. The van der Waals surface area contributed by atoms with Gasteiger partial charge in [-0.25, -0.2) is 8.78 Å². The van der Waals surface area contributed by atoms with Gasteiger partial charge in [-0.15, -0.1) is 0 Å². The van der Waals surface area contributed by atoms with Crippen molar-refractivity contribution in [3.63, 3.8) is 0 Å². The second-order valence-electron chi connectivity index (χ2n) is 34.3. The number of nitrogens with one attached hydrogen (secondary N) is 3. The van der Waals surface area contributed by atoms with Crippen molar-refractivity contribution in [1.82, 2.24) is 60.0 Å². The molecule has 4 aliphatic carbocycles. The zero-order valence-corrected chi connectivity index (χ0v) is 67.4. The van der Waals surface area contributed by atoms with Gasteiger partial charge in [0.25, 0.3) is 0 Å². The van der Waals surface area contributed by atoms with Crippen molar-refractivity contribution in [3.05, 3.63) is 0 Å². The summed E-state index contributed by atoms with van der Waals surface area (Å²) in [6.07, 6.45) is -15.3. The molecule has 12 amide bonds. The standard InChI is InChI=1S/C78H122F8N12O14/c1-13-46(3)64-72(108)91(8)45-62(101)92(9)55-23-16-15-19-32-97(71(55)107)58(39-47-24-27-50(28-25-47)77(81,82)83)69(105)90(7)44-60(99)87-54(29-26-48-37-52(79)63(53(80)38-48)78(84,85)86)68(104)98-43-51(112-14-2)40-56(98)67(103)89-76(30-20-31-76)74(110)95(12)65(49-21-17-18-22-49)73(109)94(11)57(70(106)96-33-35-111-36-34-96)41-61(100)93(10)59(66(102)88-64)42-75(4,5)6/h46-59,63-65H,13-45H2,1-12H3,(H,87,99)(H,88,102)(H,89,103)/t46-,47?,48?,50?,51+,52?,53?,54-,55-,56-,57-,58-,59-,63?,64-,65-/m0/s1. The van der Waals surface area contributed by atoms with E-state index in [2.05, 4.69) is 16.0 Å². The third kappa shape index (κ3) is 22.1. The molecule has 4 aliphatic heterocycles. The van der Waals surface area contributed by atoms with Crippen LogP contribution in [-0.2, 0) is 67.0 Å². The van der Waals surface area contributed by atoms with Gasteiger partial charge in [0.05, 0.1) is 44.7 Å². The number of hydrogen-bond acceptors (Lipinski definition) is 14. The van der Waals surface area contributed by atoms with Crippen molar-refractivity contribution in [2.75, 3.05) is 101 Å². The minimum absolute atomic E-state index is 0.00647. The fraction of sp³-hybridized carbons (Fsp3) is 0.846. The molecule has 0 aromatic carbocycles. The molecule has 4 saturated carbocycles. The Morgan fingerprint density at radius 3 is 1.79 bits per heavy atom. The SMILES string of the molecule is CCO[C@@H]1C[C@H]2C(=O)NC3(CCC3)C(=O)N(C)[C@@H](C3CCCC3)C(=O)N(C)[C@H](C(=O)N3CCOCC3)CC(=O)N(C)[C@@H](CC(C)(C)C)C(=O)N[C@@H]([C@@H](C)CC)C(=O)N(C)CC(=O)N(C)[C@H]3CCCCCN(C3=O)[C@@H](CC3CCC(C(F)(F)F)CC3)C(=O)N(C)CC(=O)N[C@@H](CCC3CC(F)C(C(F)(F)F)C(F)C3)C(=O)N2C1. The highest BCUT2D eigenvalue weighted by atomic mass is 19.4. The van der Waals surface area contributed by atoms with E-state index in [1.807, 2.05) is 20.8 Å². The van der Waals surface area contributed by atoms with Crippen LogP contribution in [0.15, 0.2) is 0 Å². The van der Waals surface area contributed by atoms with Gasteiger partial charge in [0.15, 0.2) is 0 Å². The highest BCUT2D eigenvalue weighted by Crippen LogP contribution is 2.46. The molecule has 2 bridgehead atoms. The van der Waals surface area contributed by atoms with E-state index in [4.69, 9.17) is 9.47 Å². The van der Waals surface area contributed by atoms with Crippen molar-refractivity contribution in [1.29, 1.82) is 0 Å². The quantitative estimate of drug-likeness (QED) is 0.171. The highest BCUT2D eigenvalue weighted by Gasteiger charge is 2.57. The van der Waals surface area contributed by atoms with Crippen LogP contribution in [0, 0.1) is 40.9 Å². The third-order valence-corrected chi connectivity index (χ3v) is 25.2. The first-order valence-corrected chi connectivity index (χ1v) is 40.5. The van der Waals surface area contributed by atoms with Crippen LogP contribution < -0.4 is 16.0 Å².